The van der Waals surface area contributed by atoms with Crippen molar-refractivity contribution in [2.75, 3.05) is 0 Å². The zero-order valence-electron chi connectivity index (χ0n) is 6.92. The van der Waals surface area contributed by atoms with E-state index in [0.717, 1.165) is 12.1 Å². The molecule has 1 heterocycles. The lowest BCUT2D eigenvalue weighted by Crippen LogP contribution is -2.28. The Labute approximate surface area is 76.9 Å². The molecule has 3 nitrogen and oxygen atoms in total. The molecule has 0 bridgehead atoms. The maximum absolute atomic E-state index is 5.92. The van der Waals surface area contributed by atoms with Gasteiger partial charge in [0.2, 0.25) is 0 Å². The summed E-state index contributed by atoms with van der Waals surface area (Å²) in [7, 11) is 0. The summed E-state index contributed by atoms with van der Waals surface area (Å²) >= 11 is 5.92. The molecule has 12 heavy (non-hydrogen) atoms. The monoisotopic (exact) mass is 185 g/mol. The number of hydrogen-bond donors (Lipinski definition) is 2. The summed E-state index contributed by atoms with van der Waals surface area (Å²) in [4.78, 5) is 4.15. The van der Waals surface area contributed by atoms with E-state index in [0.29, 0.717) is 5.02 Å². The lowest BCUT2D eigenvalue weighted by atomic mass is 10.1. The Balaban J connectivity index is 2.92. The van der Waals surface area contributed by atoms with Crippen LogP contribution in [0.5, 0.6) is 0 Å². The topological polar surface area (TPSA) is 50.9 Å². The third-order valence-corrected chi connectivity index (χ3v) is 2.05. The normalized spacial score (nSPS) is 12.9. The average Bonchev–Trinajstić information content (AvgIpc) is 2.10. The fourth-order valence-corrected chi connectivity index (χ4v) is 1.30. The third kappa shape index (κ3) is 1.94. The number of hydrogen-bond acceptors (Lipinski definition) is 3. The minimum absolute atomic E-state index is 0.0405. The Morgan fingerprint density at radius 3 is 3.00 bits per heavy atom. The zero-order chi connectivity index (χ0) is 8.97. The van der Waals surface area contributed by atoms with Gasteiger partial charge in [-0.25, -0.2) is 0 Å². The number of pyridine rings is 1. The highest BCUT2D eigenvalue weighted by Crippen LogP contribution is 2.21. The molecule has 1 aromatic heterocycles. The standard InChI is InChI=1S/C8H12ClN3/c1-2-7(12-10)8-6(9)4-3-5-11-8/h3-5,7,12H,2,10H2,1H3. The van der Waals surface area contributed by atoms with Crippen LogP contribution in [-0.2, 0) is 0 Å². The first-order valence-electron chi connectivity index (χ1n) is 3.86. The first-order valence-corrected chi connectivity index (χ1v) is 4.24. The maximum atomic E-state index is 5.92. The molecule has 1 unspecified atom stereocenters. The van der Waals surface area contributed by atoms with Crippen molar-refractivity contribution in [2.24, 2.45) is 5.84 Å². The van der Waals surface area contributed by atoms with Gasteiger partial charge >= 0.3 is 0 Å². The predicted octanol–water partition coefficient (Wildman–Crippen LogP) is 1.65. The lowest BCUT2D eigenvalue weighted by Gasteiger charge is -2.13. The summed E-state index contributed by atoms with van der Waals surface area (Å²) in [5, 5.41) is 0.655. The molecule has 0 aliphatic carbocycles. The Hall–Kier alpha value is -0.640. The fraction of sp³-hybridized carbons (Fsp3) is 0.375. The van der Waals surface area contributed by atoms with Gasteiger partial charge in [-0.05, 0) is 18.6 Å². The predicted molar refractivity (Wildman–Crippen MR) is 49.6 cm³/mol. The van der Waals surface area contributed by atoms with Crippen molar-refractivity contribution in [2.45, 2.75) is 19.4 Å². The van der Waals surface area contributed by atoms with E-state index < -0.39 is 0 Å². The molecule has 1 atom stereocenters. The van der Waals surface area contributed by atoms with Crippen LogP contribution in [0.15, 0.2) is 18.3 Å². The van der Waals surface area contributed by atoms with Gasteiger partial charge in [-0.2, -0.15) is 0 Å². The summed E-state index contributed by atoms with van der Waals surface area (Å²) in [6, 6.07) is 3.65. The van der Waals surface area contributed by atoms with Gasteiger partial charge in [-0.3, -0.25) is 16.3 Å². The molecule has 0 saturated carbocycles. The van der Waals surface area contributed by atoms with Crippen LogP contribution in [0.3, 0.4) is 0 Å². The van der Waals surface area contributed by atoms with Crippen molar-refractivity contribution in [3.63, 3.8) is 0 Å². The molecule has 66 valence electrons. The first-order chi connectivity index (χ1) is 5.79. The van der Waals surface area contributed by atoms with Crippen molar-refractivity contribution in [1.82, 2.24) is 10.4 Å². The third-order valence-electron chi connectivity index (χ3n) is 1.73. The molecule has 0 radical (unpaired) electrons. The minimum Gasteiger partial charge on any atom is -0.271 e. The molecule has 0 aromatic carbocycles. The van der Waals surface area contributed by atoms with Gasteiger partial charge < -0.3 is 0 Å². The largest absolute Gasteiger partial charge is 0.271 e. The van der Waals surface area contributed by atoms with E-state index in [1.54, 1.807) is 12.3 Å². The van der Waals surface area contributed by atoms with E-state index >= 15 is 0 Å². The van der Waals surface area contributed by atoms with Gasteiger partial charge in [0.1, 0.15) is 0 Å². The van der Waals surface area contributed by atoms with Crippen molar-refractivity contribution >= 4 is 11.6 Å². The molecule has 0 amide bonds. The summed E-state index contributed by atoms with van der Waals surface area (Å²) < 4.78 is 0. The van der Waals surface area contributed by atoms with Gasteiger partial charge in [-0.15, -0.1) is 0 Å². The van der Waals surface area contributed by atoms with Crippen molar-refractivity contribution < 1.29 is 0 Å². The summed E-state index contributed by atoms with van der Waals surface area (Å²) in [6.45, 7) is 2.02. The molecule has 0 aliphatic heterocycles. The average molecular weight is 186 g/mol. The smallest absolute Gasteiger partial charge is 0.0772 e. The second-order valence-electron chi connectivity index (χ2n) is 2.50. The highest BCUT2D eigenvalue weighted by molar-refractivity contribution is 6.31. The molecule has 0 spiro atoms. The minimum atomic E-state index is 0.0405. The summed E-state index contributed by atoms with van der Waals surface area (Å²) in [5.41, 5.74) is 3.47. The molecule has 1 aromatic rings. The molecule has 4 heteroatoms. The van der Waals surface area contributed by atoms with E-state index in [9.17, 15) is 0 Å². The molecule has 3 N–H and O–H groups in total. The number of nitrogens with one attached hydrogen (secondary N) is 1. The molecular formula is C8H12ClN3. The van der Waals surface area contributed by atoms with Crippen LogP contribution in [0, 0.1) is 0 Å². The second-order valence-corrected chi connectivity index (χ2v) is 2.91. The van der Waals surface area contributed by atoms with E-state index in [4.69, 9.17) is 17.4 Å². The molecular weight excluding hydrogens is 174 g/mol. The zero-order valence-corrected chi connectivity index (χ0v) is 7.67. The van der Waals surface area contributed by atoms with Crippen LogP contribution in [-0.4, -0.2) is 4.98 Å². The Bertz CT molecular complexity index is 248. The number of nitrogens with zero attached hydrogens (tertiary/aromatic N) is 1. The van der Waals surface area contributed by atoms with Crippen LogP contribution in [0.1, 0.15) is 25.1 Å². The highest BCUT2D eigenvalue weighted by atomic mass is 35.5. The first kappa shape index (κ1) is 9.45. The van der Waals surface area contributed by atoms with E-state index in [-0.39, 0.29) is 6.04 Å². The van der Waals surface area contributed by atoms with Crippen LogP contribution in [0.2, 0.25) is 5.02 Å². The summed E-state index contributed by atoms with van der Waals surface area (Å²) in [5.74, 6) is 5.34. The van der Waals surface area contributed by atoms with E-state index in [2.05, 4.69) is 10.4 Å². The maximum Gasteiger partial charge on any atom is 0.0772 e. The number of nitrogens with two attached hydrogens (primary N) is 1. The van der Waals surface area contributed by atoms with Crippen molar-refractivity contribution in [1.29, 1.82) is 0 Å². The van der Waals surface area contributed by atoms with Gasteiger partial charge in [0, 0.05) is 6.20 Å². The Morgan fingerprint density at radius 1 is 1.75 bits per heavy atom. The van der Waals surface area contributed by atoms with Crippen LogP contribution in [0.25, 0.3) is 0 Å². The van der Waals surface area contributed by atoms with E-state index in [1.165, 1.54) is 0 Å². The quantitative estimate of drug-likeness (QED) is 0.556. The number of hydrazine groups is 1. The molecule has 1 rings (SSSR count). The Morgan fingerprint density at radius 2 is 2.50 bits per heavy atom. The number of aromatic nitrogens is 1. The lowest BCUT2D eigenvalue weighted by molar-refractivity contribution is 0.526. The van der Waals surface area contributed by atoms with Gasteiger partial charge in [-0.1, -0.05) is 18.5 Å². The molecule has 0 aliphatic rings. The summed E-state index contributed by atoms with van der Waals surface area (Å²) in [6.07, 6.45) is 2.58. The van der Waals surface area contributed by atoms with Crippen molar-refractivity contribution in [3.8, 4) is 0 Å². The number of rotatable bonds is 3. The van der Waals surface area contributed by atoms with E-state index in [1.807, 2.05) is 13.0 Å². The number of halogens is 1. The molecule has 0 fully saturated rings. The van der Waals surface area contributed by atoms with Gasteiger partial charge in [0.05, 0.1) is 16.8 Å². The van der Waals surface area contributed by atoms with Crippen LogP contribution < -0.4 is 11.3 Å². The fourth-order valence-electron chi connectivity index (χ4n) is 1.04. The van der Waals surface area contributed by atoms with Crippen LogP contribution >= 0.6 is 11.6 Å². The van der Waals surface area contributed by atoms with Crippen LogP contribution in [0.4, 0.5) is 0 Å². The SMILES string of the molecule is CCC(NN)c1ncccc1Cl. The van der Waals surface area contributed by atoms with Gasteiger partial charge in [0.15, 0.2) is 0 Å². The van der Waals surface area contributed by atoms with Crippen molar-refractivity contribution in [3.05, 3.63) is 29.0 Å². The molecule has 0 saturated heterocycles. The highest BCUT2D eigenvalue weighted by Gasteiger charge is 2.11. The Kier molecular flexibility index (Phi) is 3.47. The van der Waals surface area contributed by atoms with Gasteiger partial charge in [0.25, 0.3) is 0 Å². The second kappa shape index (κ2) is 4.40.